The molecule has 1 aliphatic heterocycles. The highest BCUT2D eigenvalue weighted by molar-refractivity contribution is 5.78. The van der Waals surface area contributed by atoms with Gasteiger partial charge < -0.3 is 19.5 Å². The average Bonchev–Trinajstić information content (AvgIpc) is 2.78. The van der Waals surface area contributed by atoms with Gasteiger partial charge in [-0.1, -0.05) is 18.2 Å². The highest BCUT2D eigenvalue weighted by Gasteiger charge is 2.22. The molecular weight excluding hydrogens is 387 g/mol. The minimum atomic E-state index is -0.234. The van der Waals surface area contributed by atoms with E-state index < -0.39 is 0 Å². The largest absolute Gasteiger partial charge is 0.516 e. The van der Waals surface area contributed by atoms with Gasteiger partial charge >= 0.3 is 0 Å². The number of halogens is 1. The Kier molecular flexibility index (Phi) is 7.68. The number of ether oxygens (including phenoxy) is 2. The molecule has 2 aromatic carbocycles. The van der Waals surface area contributed by atoms with Crippen molar-refractivity contribution in [1.82, 2.24) is 9.80 Å². The first-order valence-corrected chi connectivity index (χ1v) is 9.92. The molecule has 1 aliphatic rings. The maximum absolute atomic E-state index is 13.0. The standard InChI is InChI=1S/C23H27FN2O4/c1-29-22-15-18(3-2-14-27)6-9-21(22)30-17-23(28)26-12-10-25(11-13-26)16-19-4-7-20(24)8-5-19/h2,4-9,14-15,27H,3,10-13,16-17H2,1H3. The maximum Gasteiger partial charge on any atom is 0.260 e. The van der Waals surface area contributed by atoms with E-state index in [2.05, 4.69) is 4.90 Å². The van der Waals surface area contributed by atoms with Gasteiger partial charge in [-0.3, -0.25) is 9.69 Å². The first-order chi connectivity index (χ1) is 14.6. The lowest BCUT2D eigenvalue weighted by Gasteiger charge is -2.34. The molecule has 6 nitrogen and oxygen atoms in total. The Labute approximate surface area is 176 Å². The van der Waals surface area contributed by atoms with Crippen molar-refractivity contribution < 1.29 is 23.8 Å². The normalized spacial score (nSPS) is 14.8. The van der Waals surface area contributed by atoms with Crippen LogP contribution in [0.3, 0.4) is 0 Å². The molecule has 1 N–H and O–H groups in total. The van der Waals surface area contributed by atoms with Gasteiger partial charge in [-0.25, -0.2) is 4.39 Å². The Morgan fingerprint density at radius 1 is 1.07 bits per heavy atom. The van der Waals surface area contributed by atoms with Gasteiger partial charge in [0.15, 0.2) is 18.1 Å². The van der Waals surface area contributed by atoms with Gasteiger partial charge in [0.1, 0.15) is 5.82 Å². The van der Waals surface area contributed by atoms with Crippen LogP contribution in [-0.2, 0) is 17.8 Å². The van der Waals surface area contributed by atoms with E-state index >= 15 is 0 Å². The van der Waals surface area contributed by atoms with Crippen molar-refractivity contribution in [3.05, 3.63) is 71.7 Å². The molecule has 30 heavy (non-hydrogen) atoms. The molecule has 1 amide bonds. The molecule has 7 heteroatoms. The van der Waals surface area contributed by atoms with Crippen LogP contribution in [0, 0.1) is 5.82 Å². The molecule has 0 atom stereocenters. The molecule has 0 saturated carbocycles. The molecule has 1 saturated heterocycles. The lowest BCUT2D eigenvalue weighted by molar-refractivity contribution is -0.135. The van der Waals surface area contributed by atoms with Gasteiger partial charge in [0.25, 0.3) is 5.91 Å². The SMILES string of the molecule is COc1cc(CC=CO)ccc1OCC(=O)N1CCN(Cc2ccc(F)cc2)CC1. The molecule has 0 radical (unpaired) electrons. The van der Waals surface area contributed by atoms with Crippen LogP contribution in [0.25, 0.3) is 0 Å². The Hall–Kier alpha value is -3.06. The second kappa shape index (κ2) is 10.6. The molecule has 1 heterocycles. The highest BCUT2D eigenvalue weighted by Crippen LogP contribution is 2.28. The summed E-state index contributed by atoms with van der Waals surface area (Å²) in [5.41, 5.74) is 2.03. The number of amides is 1. The van der Waals surface area contributed by atoms with Crippen molar-refractivity contribution in [3.63, 3.8) is 0 Å². The monoisotopic (exact) mass is 414 g/mol. The number of benzene rings is 2. The van der Waals surface area contributed by atoms with Crippen LogP contribution in [0.1, 0.15) is 11.1 Å². The number of methoxy groups -OCH3 is 1. The van der Waals surface area contributed by atoms with Crippen LogP contribution in [0.5, 0.6) is 11.5 Å². The topological polar surface area (TPSA) is 62.2 Å². The third-order valence-electron chi connectivity index (χ3n) is 5.08. The van der Waals surface area contributed by atoms with Gasteiger partial charge in [0, 0.05) is 32.7 Å². The van der Waals surface area contributed by atoms with Crippen molar-refractivity contribution in [2.24, 2.45) is 0 Å². The van der Waals surface area contributed by atoms with Gasteiger partial charge in [0.2, 0.25) is 0 Å². The van der Waals surface area contributed by atoms with E-state index in [0.29, 0.717) is 31.0 Å². The quantitative estimate of drug-likeness (QED) is 0.673. The second-order valence-corrected chi connectivity index (χ2v) is 7.15. The third-order valence-corrected chi connectivity index (χ3v) is 5.08. The summed E-state index contributed by atoms with van der Waals surface area (Å²) in [6, 6.07) is 12.0. The number of piperazine rings is 1. The van der Waals surface area contributed by atoms with Crippen molar-refractivity contribution >= 4 is 5.91 Å². The summed E-state index contributed by atoms with van der Waals surface area (Å²) in [7, 11) is 1.55. The molecule has 3 rings (SSSR count). The van der Waals surface area contributed by atoms with Crippen molar-refractivity contribution in [1.29, 1.82) is 0 Å². The molecule has 0 aromatic heterocycles. The van der Waals surface area contributed by atoms with E-state index in [4.69, 9.17) is 14.6 Å². The molecule has 0 spiro atoms. The maximum atomic E-state index is 13.0. The van der Waals surface area contributed by atoms with Gasteiger partial charge in [-0.2, -0.15) is 0 Å². The van der Waals surface area contributed by atoms with Gasteiger partial charge in [-0.15, -0.1) is 0 Å². The highest BCUT2D eigenvalue weighted by atomic mass is 19.1. The molecule has 2 aromatic rings. The number of hydrogen-bond donors (Lipinski definition) is 1. The van der Waals surface area contributed by atoms with Crippen molar-refractivity contribution in [2.45, 2.75) is 13.0 Å². The molecule has 1 fully saturated rings. The summed E-state index contributed by atoms with van der Waals surface area (Å²) in [4.78, 5) is 16.6. The zero-order valence-corrected chi connectivity index (χ0v) is 17.1. The van der Waals surface area contributed by atoms with E-state index in [1.54, 1.807) is 36.3 Å². The molecular formula is C23H27FN2O4. The van der Waals surface area contributed by atoms with Crippen LogP contribution in [-0.4, -0.2) is 60.7 Å². The van der Waals surface area contributed by atoms with Crippen molar-refractivity contribution in [3.8, 4) is 11.5 Å². The van der Waals surface area contributed by atoms with Crippen molar-refractivity contribution in [2.75, 3.05) is 39.9 Å². The van der Waals surface area contributed by atoms with E-state index in [0.717, 1.165) is 37.0 Å². The van der Waals surface area contributed by atoms with Crippen LogP contribution in [0.2, 0.25) is 0 Å². The Morgan fingerprint density at radius 3 is 2.43 bits per heavy atom. The van der Waals surface area contributed by atoms with E-state index in [9.17, 15) is 9.18 Å². The molecule has 160 valence electrons. The fourth-order valence-electron chi connectivity index (χ4n) is 3.38. The molecule has 0 aliphatic carbocycles. The predicted octanol–water partition coefficient (Wildman–Crippen LogP) is 3.17. The minimum Gasteiger partial charge on any atom is -0.516 e. The Balaban J connectivity index is 1.47. The second-order valence-electron chi connectivity index (χ2n) is 7.15. The van der Waals surface area contributed by atoms with E-state index in [1.165, 1.54) is 12.1 Å². The zero-order valence-electron chi connectivity index (χ0n) is 17.1. The third kappa shape index (κ3) is 5.97. The summed E-state index contributed by atoms with van der Waals surface area (Å²) in [5.74, 6) is 0.765. The number of aliphatic hydroxyl groups excluding tert-OH is 1. The Morgan fingerprint density at radius 2 is 1.77 bits per heavy atom. The molecule has 0 bridgehead atoms. The van der Waals surface area contributed by atoms with Gasteiger partial charge in [-0.05, 0) is 47.9 Å². The van der Waals surface area contributed by atoms with E-state index in [1.807, 2.05) is 12.1 Å². The zero-order chi connectivity index (χ0) is 21.3. The lowest BCUT2D eigenvalue weighted by atomic mass is 10.1. The fourth-order valence-corrected chi connectivity index (χ4v) is 3.38. The first kappa shape index (κ1) is 21.6. The summed E-state index contributed by atoms with van der Waals surface area (Å²) in [6.45, 7) is 3.48. The van der Waals surface area contributed by atoms with Crippen LogP contribution < -0.4 is 9.47 Å². The number of carbonyl (C=O) groups excluding carboxylic acids is 1. The number of nitrogens with zero attached hydrogens (tertiary/aromatic N) is 2. The minimum absolute atomic E-state index is 0.0514. The Bertz CT molecular complexity index is 862. The number of allylic oxidation sites excluding steroid dienone is 1. The summed E-state index contributed by atoms with van der Waals surface area (Å²) < 4.78 is 24.1. The average molecular weight is 414 g/mol. The molecule has 0 unspecified atom stereocenters. The number of aliphatic hydroxyl groups is 1. The summed E-state index contributed by atoms with van der Waals surface area (Å²) in [5, 5.41) is 8.78. The summed E-state index contributed by atoms with van der Waals surface area (Å²) in [6.07, 6.45) is 3.22. The van der Waals surface area contributed by atoms with Crippen LogP contribution in [0.15, 0.2) is 54.8 Å². The first-order valence-electron chi connectivity index (χ1n) is 9.92. The fraction of sp³-hybridized carbons (Fsp3) is 0.348. The van der Waals surface area contributed by atoms with Gasteiger partial charge in [0.05, 0.1) is 13.4 Å². The summed E-state index contributed by atoms with van der Waals surface area (Å²) >= 11 is 0. The number of rotatable bonds is 8. The smallest absolute Gasteiger partial charge is 0.260 e. The number of carbonyl (C=O) groups is 1. The lowest BCUT2D eigenvalue weighted by Crippen LogP contribution is -2.49. The van der Waals surface area contributed by atoms with Crippen LogP contribution >= 0.6 is 0 Å². The number of hydrogen-bond acceptors (Lipinski definition) is 5. The van der Waals surface area contributed by atoms with Crippen LogP contribution in [0.4, 0.5) is 4.39 Å². The van der Waals surface area contributed by atoms with E-state index in [-0.39, 0.29) is 18.3 Å². The predicted molar refractivity (Wildman–Crippen MR) is 112 cm³/mol.